The third-order valence-electron chi connectivity index (χ3n) is 6.53. The molecular formula is C27H28N2NaO9S. The molecule has 1 aliphatic heterocycles. The maximum atomic E-state index is 13.3. The summed E-state index contributed by atoms with van der Waals surface area (Å²) in [6.07, 6.45) is 0. The average molecular weight is 580 g/mol. The Bertz CT molecular complexity index is 1500. The van der Waals surface area contributed by atoms with Crippen LogP contribution in [-0.4, -0.2) is 83.4 Å². The Kier molecular flexibility index (Phi) is 9.68. The van der Waals surface area contributed by atoms with Gasteiger partial charge in [-0.2, -0.15) is 8.42 Å². The number of aliphatic carboxylic acids is 2. The molecule has 0 saturated carbocycles. The van der Waals surface area contributed by atoms with Crippen LogP contribution in [-0.2, 0) is 42.6 Å². The number of aromatic hydroxyl groups is 2. The summed E-state index contributed by atoms with van der Waals surface area (Å²) in [5.41, 5.74) is 0.765. The molecule has 4 rings (SSSR count). The number of benzene rings is 3. The molecule has 3 aromatic carbocycles. The van der Waals surface area contributed by atoms with Gasteiger partial charge in [0.1, 0.15) is 16.4 Å². The van der Waals surface area contributed by atoms with E-state index in [9.17, 15) is 28.2 Å². The van der Waals surface area contributed by atoms with Gasteiger partial charge < -0.3 is 31.1 Å². The first-order valence-corrected chi connectivity index (χ1v) is 13.3. The van der Waals surface area contributed by atoms with Crippen LogP contribution < -0.4 is 10.6 Å². The fraction of sp³-hybridized carbons (Fsp3) is 0.259. The maximum absolute atomic E-state index is 13.3. The van der Waals surface area contributed by atoms with Crippen molar-refractivity contribution in [3.8, 4) is 11.5 Å². The maximum Gasteiger partial charge on any atom is 0.317 e. The van der Waals surface area contributed by atoms with Gasteiger partial charge >= 0.3 is 11.9 Å². The number of carboxylic acids is 2. The molecule has 0 saturated heterocycles. The van der Waals surface area contributed by atoms with E-state index in [2.05, 4.69) is 10.6 Å². The number of phenols is 2. The second-order valence-electron chi connectivity index (χ2n) is 9.31. The van der Waals surface area contributed by atoms with Crippen LogP contribution in [0.1, 0.15) is 38.9 Å². The SMILES string of the molecule is Cc1cc(C2(c3cc(C)c(O)c(CNCC(=O)O)c3)OS(=O)(=O)c3ccccc32)cc(CNCC(=O)O)c1O.[Na]. The average Bonchev–Trinajstić information content (AvgIpc) is 3.12. The van der Waals surface area contributed by atoms with Gasteiger partial charge in [0.25, 0.3) is 10.1 Å². The van der Waals surface area contributed by atoms with E-state index in [1.54, 1.807) is 56.3 Å². The van der Waals surface area contributed by atoms with Crippen LogP contribution in [0, 0.1) is 13.8 Å². The molecular weight excluding hydrogens is 551 g/mol. The van der Waals surface area contributed by atoms with E-state index in [4.69, 9.17) is 14.4 Å². The summed E-state index contributed by atoms with van der Waals surface area (Å²) in [6.45, 7) is 2.52. The Morgan fingerprint density at radius 1 is 0.825 bits per heavy atom. The summed E-state index contributed by atoms with van der Waals surface area (Å²) in [7, 11) is -4.25. The van der Waals surface area contributed by atoms with Crippen LogP contribution in [0.5, 0.6) is 11.5 Å². The van der Waals surface area contributed by atoms with Crippen LogP contribution in [0.4, 0.5) is 0 Å². The Balaban J connectivity index is 0.00000441. The topological polar surface area (TPSA) is 182 Å². The summed E-state index contributed by atoms with van der Waals surface area (Å²) in [5.74, 6) is -2.33. The molecule has 0 atom stereocenters. The minimum absolute atomic E-state index is 0. The molecule has 0 bridgehead atoms. The number of carboxylic acid groups (broad SMARTS) is 2. The number of aryl methyl sites for hydroxylation is 2. The van der Waals surface area contributed by atoms with Crippen molar-refractivity contribution in [2.45, 2.75) is 37.4 Å². The van der Waals surface area contributed by atoms with E-state index in [-0.39, 0.29) is 72.1 Å². The molecule has 13 heteroatoms. The molecule has 0 unspecified atom stereocenters. The first kappa shape index (κ1) is 31.6. The number of nitrogens with one attached hydrogen (secondary N) is 2. The van der Waals surface area contributed by atoms with Crippen LogP contribution in [0.15, 0.2) is 53.4 Å². The summed E-state index contributed by atoms with van der Waals surface area (Å²) in [6, 6.07) is 12.6. The zero-order valence-electron chi connectivity index (χ0n) is 22.2. The standard InChI is InChI=1S/C27H28N2O9S.Na/c1-15-7-19(9-17(25(15)34)11-28-13-23(30)31)27(21-5-3-4-6-22(21)39(36,37)38-27)20-8-16(2)26(35)18(10-20)12-29-14-24(32)33;/h3-10,28-29,34-35H,11-14H2,1-2H3,(H,30,31)(H,32,33);. The molecule has 1 aliphatic rings. The molecule has 0 spiro atoms. The third kappa shape index (κ3) is 6.03. The molecule has 0 amide bonds. The van der Waals surface area contributed by atoms with Crippen molar-refractivity contribution in [1.29, 1.82) is 0 Å². The van der Waals surface area contributed by atoms with Crippen molar-refractivity contribution in [1.82, 2.24) is 10.6 Å². The van der Waals surface area contributed by atoms with Crippen molar-refractivity contribution in [3.63, 3.8) is 0 Å². The number of hydrogen-bond acceptors (Lipinski definition) is 9. The quantitative estimate of drug-likeness (QED) is 0.152. The summed E-state index contributed by atoms with van der Waals surface area (Å²) >= 11 is 0. The molecule has 0 aliphatic carbocycles. The smallest absolute Gasteiger partial charge is 0.317 e. The van der Waals surface area contributed by atoms with Gasteiger partial charge in [-0.05, 0) is 66.4 Å². The monoisotopic (exact) mass is 579 g/mol. The van der Waals surface area contributed by atoms with Crippen molar-refractivity contribution in [2.24, 2.45) is 0 Å². The third-order valence-corrected chi connectivity index (χ3v) is 7.89. The minimum Gasteiger partial charge on any atom is -0.507 e. The van der Waals surface area contributed by atoms with E-state index < -0.39 is 27.7 Å². The Hall–Kier alpha value is -2.97. The van der Waals surface area contributed by atoms with Gasteiger partial charge in [0.2, 0.25) is 0 Å². The molecule has 6 N–H and O–H groups in total. The molecule has 0 aromatic heterocycles. The van der Waals surface area contributed by atoms with Gasteiger partial charge in [-0.15, -0.1) is 0 Å². The van der Waals surface area contributed by atoms with E-state index in [1.807, 2.05) is 0 Å². The number of carbonyl (C=O) groups is 2. The van der Waals surface area contributed by atoms with Crippen molar-refractivity contribution in [2.75, 3.05) is 13.1 Å². The fourth-order valence-corrected chi connectivity index (χ4v) is 6.22. The van der Waals surface area contributed by atoms with E-state index in [1.165, 1.54) is 6.07 Å². The normalized spacial score (nSPS) is 14.8. The van der Waals surface area contributed by atoms with E-state index in [0.29, 0.717) is 38.9 Å². The zero-order chi connectivity index (χ0) is 28.5. The van der Waals surface area contributed by atoms with Gasteiger partial charge in [-0.1, -0.05) is 18.2 Å². The van der Waals surface area contributed by atoms with Gasteiger partial charge in [-0.25, -0.2) is 4.18 Å². The minimum atomic E-state index is -4.25. The summed E-state index contributed by atoms with van der Waals surface area (Å²) in [5, 5.41) is 44.9. The van der Waals surface area contributed by atoms with Crippen molar-refractivity contribution in [3.05, 3.63) is 87.5 Å². The largest absolute Gasteiger partial charge is 0.507 e. The van der Waals surface area contributed by atoms with Crippen LogP contribution in [0.3, 0.4) is 0 Å². The second-order valence-corrected chi connectivity index (χ2v) is 10.8. The molecule has 207 valence electrons. The summed E-state index contributed by atoms with van der Waals surface area (Å²) < 4.78 is 32.6. The van der Waals surface area contributed by atoms with Crippen LogP contribution >= 0.6 is 0 Å². The summed E-state index contributed by atoms with van der Waals surface area (Å²) in [4.78, 5) is 21.9. The number of rotatable bonds is 10. The molecule has 11 nitrogen and oxygen atoms in total. The van der Waals surface area contributed by atoms with Crippen molar-refractivity contribution >= 4 is 51.6 Å². The van der Waals surface area contributed by atoms with Crippen molar-refractivity contribution < 1.29 is 42.6 Å². The predicted molar refractivity (Wildman–Crippen MR) is 145 cm³/mol. The fourth-order valence-electron chi connectivity index (χ4n) is 4.79. The Morgan fingerprint density at radius 3 is 1.73 bits per heavy atom. The molecule has 1 heterocycles. The van der Waals surface area contributed by atoms with Crippen LogP contribution in [0.25, 0.3) is 0 Å². The number of phenolic OH excluding ortho intramolecular Hbond substituents is 2. The first-order valence-electron chi connectivity index (χ1n) is 11.9. The number of fused-ring (bicyclic) bond motifs is 1. The van der Waals surface area contributed by atoms with Gasteiger partial charge in [0, 0.05) is 59.3 Å². The Labute approximate surface area is 253 Å². The number of hydrogen-bond donors (Lipinski definition) is 6. The molecule has 1 radical (unpaired) electrons. The molecule has 0 fully saturated rings. The van der Waals surface area contributed by atoms with E-state index >= 15 is 0 Å². The van der Waals surface area contributed by atoms with E-state index in [0.717, 1.165) is 0 Å². The zero-order valence-corrected chi connectivity index (χ0v) is 25.0. The van der Waals surface area contributed by atoms with Gasteiger partial charge in [0.05, 0.1) is 13.1 Å². The van der Waals surface area contributed by atoms with Crippen LogP contribution in [0.2, 0.25) is 0 Å². The predicted octanol–water partition coefficient (Wildman–Crippen LogP) is 1.69. The first-order chi connectivity index (χ1) is 18.4. The second kappa shape index (κ2) is 12.3. The van der Waals surface area contributed by atoms with Gasteiger partial charge in [0.15, 0.2) is 5.60 Å². The van der Waals surface area contributed by atoms with Gasteiger partial charge in [-0.3, -0.25) is 9.59 Å². The molecule has 40 heavy (non-hydrogen) atoms. The Morgan fingerprint density at radius 2 is 1.27 bits per heavy atom. The molecule has 3 aromatic rings.